The van der Waals surface area contributed by atoms with E-state index in [-0.39, 0.29) is 33.8 Å². The summed E-state index contributed by atoms with van der Waals surface area (Å²) >= 11 is 12.2. The van der Waals surface area contributed by atoms with Gasteiger partial charge in [-0.2, -0.15) is 5.10 Å². The molecule has 3 rings (SSSR count). The third-order valence-electron chi connectivity index (χ3n) is 4.19. The van der Waals surface area contributed by atoms with Crippen molar-refractivity contribution in [3.63, 3.8) is 0 Å². The Hall–Kier alpha value is -3.69. The largest absolute Gasteiger partial charge is 0.490 e. The zero-order valence-electron chi connectivity index (χ0n) is 17.8. The predicted molar refractivity (Wildman–Crippen MR) is 127 cm³/mol. The van der Waals surface area contributed by atoms with Gasteiger partial charge in [-0.15, -0.1) is 0 Å². The number of hydrogen-bond acceptors (Lipinski definition) is 6. The van der Waals surface area contributed by atoms with Gasteiger partial charge in [-0.25, -0.2) is 14.8 Å². The van der Waals surface area contributed by atoms with E-state index in [0.717, 1.165) is 0 Å². The van der Waals surface area contributed by atoms with E-state index >= 15 is 0 Å². The molecule has 8 nitrogen and oxygen atoms in total. The minimum atomic E-state index is -0.530. The first-order valence-electron chi connectivity index (χ1n) is 9.96. The number of halogens is 3. The average molecular weight is 505 g/mol. The lowest BCUT2D eigenvalue weighted by atomic mass is 10.2. The highest BCUT2D eigenvalue weighted by atomic mass is 35.5. The highest BCUT2D eigenvalue weighted by molar-refractivity contribution is 6.33. The number of carbonyl (C=O) groups is 2. The minimum absolute atomic E-state index is 0.0573. The van der Waals surface area contributed by atoms with Crippen molar-refractivity contribution in [2.75, 3.05) is 18.5 Å². The normalized spacial score (nSPS) is 10.7. The number of carbonyl (C=O) groups excluding carboxylic acids is 2. The molecule has 0 atom stereocenters. The number of rotatable bonds is 9. The minimum Gasteiger partial charge on any atom is -0.490 e. The molecule has 0 aliphatic heterocycles. The van der Waals surface area contributed by atoms with E-state index < -0.39 is 17.6 Å². The number of amides is 2. The molecule has 34 heavy (non-hydrogen) atoms. The van der Waals surface area contributed by atoms with E-state index in [1.807, 2.05) is 0 Å². The van der Waals surface area contributed by atoms with Crippen LogP contribution in [0.15, 0.2) is 59.8 Å². The van der Waals surface area contributed by atoms with Crippen LogP contribution in [-0.2, 0) is 4.79 Å². The molecule has 2 N–H and O–H groups in total. The smallest absolute Gasteiger partial charge is 0.274 e. The van der Waals surface area contributed by atoms with Crippen LogP contribution in [0.2, 0.25) is 10.2 Å². The predicted octanol–water partition coefficient (Wildman–Crippen LogP) is 4.71. The third-order valence-corrected chi connectivity index (χ3v) is 4.77. The van der Waals surface area contributed by atoms with Gasteiger partial charge in [-0.3, -0.25) is 9.59 Å². The molecular formula is C23H19Cl2FN4O4. The molecule has 0 spiro atoms. The second-order valence-electron chi connectivity index (χ2n) is 6.65. The molecule has 0 aliphatic rings. The number of pyridine rings is 1. The van der Waals surface area contributed by atoms with Crippen molar-refractivity contribution < 1.29 is 23.5 Å². The fourth-order valence-corrected chi connectivity index (χ4v) is 3.19. The summed E-state index contributed by atoms with van der Waals surface area (Å²) in [6.07, 6.45) is 2.83. The molecule has 1 aromatic heterocycles. The van der Waals surface area contributed by atoms with Gasteiger partial charge in [0, 0.05) is 11.9 Å². The molecule has 0 radical (unpaired) electrons. The van der Waals surface area contributed by atoms with Crippen molar-refractivity contribution in [3.8, 4) is 11.5 Å². The fourth-order valence-electron chi connectivity index (χ4n) is 2.71. The quantitative estimate of drug-likeness (QED) is 0.249. The average Bonchev–Trinajstić information content (AvgIpc) is 2.80. The van der Waals surface area contributed by atoms with Crippen LogP contribution in [-0.4, -0.2) is 36.2 Å². The summed E-state index contributed by atoms with van der Waals surface area (Å²) in [6.45, 7) is 1.73. The SMILES string of the molecule is CCOc1cc(C=NNC(=O)c2cccnc2Cl)cc(Cl)c1OCC(=O)Nc1ccc(F)cc1. The number of anilines is 1. The number of nitrogens with one attached hydrogen (secondary N) is 2. The third kappa shape index (κ3) is 6.90. The molecule has 0 fully saturated rings. The van der Waals surface area contributed by atoms with Crippen molar-refractivity contribution >= 4 is 46.9 Å². The van der Waals surface area contributed by atoms with Crippen LogP contribution in [0.25, 0.3) is 0 Å². The molecule has 2 aromatic carbocycles. The van der Waals surface area contributed by atoms with E-state index in [4.69, 9.17) is 32.7 Å². The van der Waals surface area contributed by atoms with Gasteiger partial charge in [0.15, 0.2) is 18.1 Å². The monoisotopic (exact) mass is 504 g/mol. The molecule has 0 bridgehead atoms. The van der Waals surface area contributed by atoms with Crippen LogP contribution >= 0.6 is 23.2 Å². The maximum Gasteiger partial charge on any atom is 0.274 e. The standard InChI is InChI=1S/C23H19Cl2FN4O4/c1-2-33-19-11-14(12-28-30-23(32)17-4-3-9-27-22(17)25)10-18(24)21(19)34-13-20(31)29-16-7-5-15(26)6-8-16/h3-12H,2,13H2,1H3,(H,29,31)(H,30,32). The lowest BCUT2D eigenvalue weighted by Crippen LogP contribution is -2.20. The van der Waals surface area contributed by atoms with E-state index in [9.17, 15) is 14.0 Å². The first-order valence-corrected chi connectivity index (χ1v) is 10.7. The number of ether oxygens (including phenoxy) is 2. The van der Waals surface area contributed by atoms with Gasteiger partial charge in [-0.05, 0) is 61.0 Å². The summed E-state index contributed by atoms with van der Waals surface area (Å²) in [5, 5.41) is 6.72. The number of nitrogens with zero attached hydrogens (tertiary/aromatic N) is 2. The molecule has 1 heterocycles. The summed E-state index contributed by atoms with van der Waals surface area (Å²) in [5.74, 6) is -0.953. The zero-order chi connectivity index (χ0) is 24.5. The van der Waals surface area contributed by atoms with Crippen LogP contribution in [0, 0.1) is 5.82 Å². The summed E-state index contributed by atoms with van der Waals surface area (Å²) in [4.78, 5) is 28.2. The van der Waals surface area contributed by atoms with Gasteiger partial charge in [0.05, 0.1) is 23.4 Å². The highest BCUT2D eigenvalue weighted by Gasteiger charge is 2.15. The molecule has 176 valence electrons. The molecule has 0 aliphatic carbocycles. The van der Waals surface area contributed by atoms with Crippen LogP contribution in [0.1, 0.15) is 22.8 Å². The fraction of sp³-hybridized carbons (Fsp3) is 0.130. The van der Waals surface area contributed by atoms with Crippen LogP contribution in [0.5, 0.6) is 11.5 Å². The second kappa shape index (κ2) is 12.0. The molecule has 2 amide bonds. The number of hydrogen-bond donors (Lipinski definition) is 2. The van der Waals surface area contributed by atoms with E-state index in [1.165, 1.54) is 48.8 Å². The first kappa shape index (κ1) is 24.9. The summed E-state index contributed by atoms with van der Waals surface area (Å²) in [5.41, 5.74) is 3.46. The topological polar surface area (TPSA) is 102 Å². The molecule has 0 unspecified atom stereocenters. The summed E-state index contributed by atoms with van der Waals surface area (Å²) < 4.78 is 24.1. The summed E-state index contributed by atoms with van der Waals surface area (Å²) in [7, 11) is 0. The van der Waals surface area contributed by atoms with Crippen molar-refractivity contribution in [1.82, 2.24) is 10.4 Å². The van der Waals surface area contributed by atoms with Crippen molar-refractivity contribution in [3.05, 3.63) is 81.8 Å². The Balaban J connectivity index is 1.66. The Kier molecular flexibility index (Phi) is 8.78. The highest BCUT2D eigenvalue weighted by Crippen LogP contribution is 2.36. The Labute approximate surface area is 204 Å². The lowest BCUT2D eigenvalue weighted by molar-refractivity contribution is -0.118. The maximum atomic E-state index is 13.0. The van der Waals surface area contributed by atoms with Crippen LogP contribution < -0.4 is 20.2 Å². The Morgan fingerprint density at radius 2 is 1.91 bits per heavy atom. The van der Waals surface area contributed by atoms with Gasteiger partial charge in [0.1, 0.15) is 11.0 Å². The van der Waals surface area contributed by atoms with Gasteiger partial charge < -0.3 is 14.8 Å². The molecule has 3 aromatic rings. The zero-order valence-corrected chi connectivity index (χ0v) is 19.4. The Bertz CT molecular complexity index is 1210. The molecule has 0 saturated carbocycles. The number of benzene rings is 2. The molecule has 11 heteroatoms. The van der Waals surface area contributed by atoms with Crippen molar-refractivity contribution in [2.45, 2.75) is 6.92 Å². The first-order chi connectivity index (χ1) is 16.4. The van der Waals surface area contributed by atoms with Gasteiger partial charge >= 0.3 is 0 Å². The van der Waals surface area contributed by atoms with Crippen molar-refractivity contribution in [2.24, 2.45) is 5.10 Å². The van der Waals surface area contributed by atoms with Crippen LogP contribution in [0.4, 0.5) is 10.1 Å². The molecule has 0 saturated heterocycles. The molecular weight excluding hydrogens is 486 g/mol. The Morgan fingerprint density at radius 1 is 1.15 bits per heavy atom. The number of aromatic nitrogens is 1. The number of hydrazone groups is 1. The maximum absolute atomic E-state index is 13.0. The van der Waals surface area contributed by atoms with E-state index in [0.29, 0.717) is 17.9 Å². The van der Waals surface area contributed by atoms with Crippen molar-refractivity contribution in [1.29, 1.82) is 0 Å². The lowest BCUT2D eigenvalue weighted by Gasteiger charge is -2.14. The summed E-state index contributed by atoms with van der Waals surface area (Å²) in [6, 6.07) is 11.5. The van der Waals surface area contributed by atoms with Crippen LogP contribution in [0.3, 0.4) is 0 Å². The van der Waals surface area contributed by atoms with Gasteiger partial charge in [0.25, 0.3) is 11.8 Å². The van der Waals surface area contributed by atoms with Gasteiger partial charge in [0.2, 0.25) is 0 Å². The van der Waals surface area contributed by atoms with E-state index in [2.05, 4.69) is 20.8 Å². The Morgan fingerprint density at radius 3 is 2.62 bits per heavy atom. The van der Waals surface area contributed by atoms with Gasteiger partial charge in [-0.1, -0.05) is 23.2 Å². The second-order valence-corrected chi connectivity index (χ2v) is 7.41. The van der Waals surface area contributed by atoms with E-state index in [1.54, 1.807) is 19.1 Å².